The second-order valence-electron chi connectivity index (χ2n) is 5.70. The number of carbonyl (C=O) groups excluding carboxylic acids is 1. The van der Waals surface area contributed by atoms with Gasteiger partial charge in [0.25, 0.3) is 5.91 Å². The fourth-order valence-corrected chi connectivity index (χ4v) is 2.56. The van der Waals surface area contributed by atoms with E-state index >= 15 is 0 Å². The maximum absolute atomic E-state index is 12.2. The predicted molar refractivity (Wildman–Crippen MR) is 97.4 cm³/mol. The van der Waals surface area contributed by atoms with Gasteiger partial charge in [0.2, 0.25) is 0 Å². The highest BCUT2D eigenvalue weighted by atomic mass is 16.6. The van der Waals surface area contributed by atoms with Gasteiger partial charge in [0, 0.05) is 0 Å². The Morgan fingerprint density at radius 2 is 1.96 bits per heavy atom. The van der Waals surface area contributed by atoms with E-state index in [0.29, 0.717) is 5.75 Å². The van der Waals surface area contributed by atoms with Gasteiger partial charge in [0.1, 0.15) is 5.75 Å². The van der Waals surface area contributed by atoms with Crippen molar-refractivity contribution in [2.75, 3.05) is 13.7 Å². The molecule has 0 heterocycles. The predicted octanol–water partition coefficient (Wildman–Crippen LogP) is 3.64. The summed E-state index contributed by atoms with van der Waals surface area (Å²) < 4.78 is 10.3. The molecule has 1 unspecified atom stereocenters. The normalized spacial score (nSPS) is 11.5. The first-order chi connectivity index (χ1) is 12.5. The van der Waals surface area contributed by atoms with Crippen LogP contribution in [0.25, 0.3) is 0 Å². The number of nitro groups is 1. The van der Waals surface area contributed by atoms with Gasteiger partial charge in [0.05, 0.1) is 24.1 Å². The minimum Gasteiger partial charge on any atom is -0.496 e. The number of hydrogen-bond acceptors (Lipinski definition) is 5. The number of benzene rings is 2. The molecule has 1 atom stereocenters. The summed E-state index contributed by atoms with van der Waals surface area (Å²) in [4.78, 5) is 22.8. The van der Waals surface area contributed by atoms with Crippen molar-refractivity contribution < 1.29 is 19.2 Å². The van der Waals surface area contributed by atoms with E-state index < -0.39 is 4.92 Å². The van der Waals surface area contributed by atoms with E-state index in [2.05, 4.69) is 5.32 Å². The van der Waals surface area contributed by atoms with Crippen molar-refractivity contribution in [1.82, 2.24) is 5.32 Å². The number of nitrogens with zero attached hydrogens (tertiary/aromatic N) is 1. The van der Waals surface area contributed by atoms with E-state index in [1.54, 1.807) is 6.07 Å². The van der Waals surface area contributed by atoms with Crippen molar-refractivity contribution in [2.24, 2.45) is 0 Å². The second kappa shape index (κ2) is 9.41. The number of ether oxygens (including phenoxy) is 2. The summed E-state index contributed by atoms with van der Waals surface area (Å²) in [5.74, 6) is 0.0377. The van der Waals surface area contributed by atoms with Crippen LogP contribution >= 0.6 is 0 Å². The molecule has 0 saturated heterocycles. The summed E-state index contributed by atoms with van der Waals surface area (Å²) in [5, 5.41) is 14.1. The first-order valence-electron chi connectivity index (χ1n) is 8.34. The SMILES string of the molecule is CCCC(NC(=O)COc1ccc(OC)cc1[N+](=O)[O-])c1ccccc1. The number of methoxy groups -OCH3 is 1. The zero-order valence-corrected chi connectivity index (χ0v) is 14.8. The number of nitro benzene ring substituents is 1. The van der Waals surface area contributed by atoms with E-state index in [1.807, 2.05) is 37.3 Å². The van der Waals surface area contributed by atoms with E-state index in [0.717, 1.165) is 18.4 Å². The summed E-state index contributed by atoms with van der Waals surface area (Å²) in [5.41, 5.74) is 0.767. The van der Waals surface area contributed by atoms with Crippen molar-refractivity contribution >= 4 is 11.6 Å². The third-order valence-corrected chi connectivity index (χ3v) is 3.84. The molecule has 0 fully saturated rings. The molecule has 0 radical (unpaired) electrons. The van der Waals surface area contributed by atoms with Gasteiger partial charge in [-0.05, 0) is 24.1 Å². The zero-order valence-electron chi connectivity index (χ0n) is 14.8. The minimum absolute atomic E-state index is 0.0257. The summed E-state index contributed by atoms with van der Waals surface area (Å²) >= 11 is 0. The molecule has 7 nitrogen and oxygen atoms in total. The Morgan fingerprint density at radius 1 is 1.23 bits per heavy atom. The van der Waals surface area contributed by atoms with Gasteiger partial charge >= 0.3 is 5.69 Å². The molecule has 7 heteroatoms. The molecule has 138 valence electrons. The number of amides is 1. The van der Waals surface area contributed by atoms with Gasteiger partial charge in [-0.2, -0.15) is 0 Å². The van der Waals surface area contributed by atoms with Gasteiger partial charge in [-0.3, -0.25) is 14.9 Å². The monoisotopic (exact) mass is 358 g/mol. The number of rotatable bonds is 9. The first-order valence-corrected chi connectivity index (χ1v) is 8.34. The van der Waals surface area contributed by atoms with Crippen LogP contribution in [-0.2, 0) is 4.79 Å². The molecule has 2 rings (SSSR count). The van der Waals surface area contributed by atoms with Gasteiger partial charge in [-0.1, -0.05) is 43.7 Å². The van der Waals surface area contributed by atoms with Crippen LogP contribution in [0.2, 0.25) is 0 Å². The summed E-state index contributed by atoms with van der Waals surface area (Å²) in [6.07, 6.45) is 1.70. The van der Waals surface area contributed by atoms with Crippen LogP contribution in [0, 0.1) is 10.1 Å². The highest BCUT2D eigenvalue weighted by Gasteiger charge is 2.19. The number of nitrogens with one attached hydrogen (secondary N) is 1. The molecule has 26 heavy (non-hydrogen) atoms. The molecule has 2 aromatic carbocycles. The smallest absolute Gasteiger partial charge is 0.314 e. The lowest BCUT2D eigenvalue weighted by molar-refractivity contribution is -0.385. The highest BCUT2D eigenvalue weighted by molar-refractivity contribution is 5.78. The zero-order chi connectivity index (χ0) is 18.9. The van der Waals surface area contributed by atoms with Crippen LogP contribution in [0.4, 0.5) is 5.69 Å². The Bertz CT molecular complexity index is 749. The molecule has 0 aliphatic carbocycles. The van der Waals surface area contributed by atoms with Crippen LogP contribution in [0.5, 0.6) is 11.5 Å². The topological polar surface area (TPSA) is 90.7 Å². The van der Waals surface area contributed by atoms with Crippen molar-refractivity contribution in [3.8, 4) is 11.5 Å². The lowest BCUT2D eigenvalue weighted by Gasteiger charge is -2.18. The van der Waals surface area contributed by atoms with Gasteiger partial charge in [0.15, 0.2) is 12.4 Å². The standard InChI is InChI=1S/C19H22N2O5/c1-3-7-16(14-8-5-4-6-9-14)20-19(22)13-26-18-11-10-15(25-2)12-17(18)21(23)24/h4-6,8-12,16H,3,7,13H2,1-2H3,(H,20,22). The lowest BCUT2D eigenvalue weighted by Crippen LogP contribution is -2.32. The highest BCUT2D eigenvalue weighted by Crippen LogP contribution is 2.31. The Balaban J connectivity index is 2.02. The fraction of sp³-hybridized carbons (Fsp3) is 0.316. The third kappa shape index (κ3) is 5.20. The van der Waals surface area contributed by atoms with E-state index in [-0.39, 0.29) is 30.0 Å². The molecule has 0 aliphatic rings. The average molecular weight is 358 g/mol. The van der Waals surface area contributed by atoms with Gasteiger partial charge < -0.3 is 14.8 Å². The van der Waals surface area contributed by atoms with Gasteiger partial charge in [-0.15, -0.1) is 0 Å². The third-order valence-electron chi connectivity index (χ3n) is 3.84. The van der Waals surface area contributed by atoms with E-state index in [9.17, 15) is 14.9 Å². The lowest BCUT2D eigenvalue weighted by atomic mass is 10.0. The average Bonchev–Trinajstić information content (AvgIpc) is 2.66. The van der Waals surface area contributed by atoms with Crippen LogP contribution in [0.1, 0.15) is 31.4 Å². The molecule has 0 saturated carbocycles. The first kappa shape index (κ1) is 19.2. The Labute approximate surface area is 152 Å². The maximum atomic E-state index is 12.2. The van der Waals surface area contributed by atoms with Crippen molar-refractivity contribution in [3.05, 3.63) is 64.2 Å². The molecular formula is C19H22N2O5. The molecule has 0 aliphatic heterocycles. The molecule has 0 bridgehead atoms. The maximum Gasteiger partial charge on any atom is 0.314 e. The van der Waals surface area contributed by atoms with Crippen LogP contribution in [-0.4, -0.2) is 24.5 Å². The minimum atomic E-state index is -0.570. The molecular weight excluding hydrogens is 336 g/mol. The molecule has 2 aromatic rings. The molecule has 0 aromatic heterocycles. The molecule has 0 spiro atoms. The van der Waals surface area contributed by atoms with E-state index in [4.69, 9.17) is 9.47 Å². The Kier molecular flexibility index (Phi) is 6.96. The summed E-state index contributed by atoms with van der Waals surface area (Å²) in [7, 11) is 1.42. The van der Waals surface area contributed by atoms with E-state index in [1.165, 1.54) is 19.2 Å². The van der Waals surface area contributed by atoms with Crippen molar-refractivity contribution in [1.29, 1.82) is 0 Å². The Hall–Kier alpha value is -3.09. The summed E-state index contributed by atoms with van der Waals surface area (Å²) in [6.45, 7) is 1.74. The number of hydrogen-bond donors (Lipinski definition) is 1. The summed E-state index contributed by atoms with van der Waals surface area (Å²) in [6, 6.07) is 13.8. The van der Waals surface area contributed by atoms with Crippen LogP contribution in [0.3, 0.4) is 0 Å². The molecule has 1 N–H and O–H groups in total. The molecule has 1 amide bonds. The van der Waals surface area contributed by atoms with Crippen molar-refractivity contribution in [3.63, 3.8) is 0 Å². The van der Waals surface area contributed by atoms with Crippen LogP contribution in [0.15, 0.2) is 48.5 Å². The number of carbonyl (C=O) groups is 1. The second-order valence-corrected chi connectivity index (χ2v) is 5.70. The fourth-order valence-electron chi connectivity index (χ4n) is 2.56. The van der Waals surface area contributed by atoms with Gasteiger partial charge in [-0.25, -0.2) is 0 Å². The van der Waals surface area contributed by atoms with Crippen LogP contribution < -0.4 is 14.8 Å². The Morgan fingerprint density at radius 3 is 2.58 bits per heavy atom. The van der Waals surface area contributed by atoms with Crippen molar-refractivity contribution in [2.45, 2.75) is 25.8 Å². The quantitative estimate of drug-likeness (QED) is 0.546. The largest absolute Gasteiger partial charge is 0.496 e.